The summed E-state index contributed by atoms with van der Waals surface area (Å²) in [6.07, 6.45) is 9.78. The van der Waals surface area contributed by atoms with Gasteiger partial charge < -0.3 is 35.5 Å². The lowest BCUT2D eigenvalue weighted by atomic mass is 10.2. The van der Waals surface area contributed by atoms with Crippen LogP contribution in [0.5, 0.6) is 5.75 Å². The number of amides is 1. The van der Waals surface area contributed by atoms with Gasteiger partial charge in [-0.15, -0.1) is 5.10 Å². The van der Waals surface area contributed by atoms with Gasteiger partial charge >= 0.3 is 0 Å². The number of benzene rings is 1. The van der Waals surface area contributed by atoms with Gasteiger partial charge in [0.2, 0.25) is 17.7 Å². The van der Waals surface area contributed by atoms with Crippen LogP contribution in [0.4, 0.5) is 23.3 Å². The van der Waals surface area contributed by atoms with E-state index in [1.807, 2.05) is 18.2 Å². The Labute approximate surface area is 276 Å². The zero-order valence-electron chi connectivity index (χ0n) is 26.7. The molecule has 0 spiro atoms. The van der Waals surface area contributed by atoms with Crippen LogP contribution in [0.1, 0.15) is 21.7 Å². The van der Waals surface area contributed by atoms with Gasteiger partial charge in [-0.05, 0) is 61.2 Å². The fraction of sp³-hybridized carbons (Fsp3) is 0.242. The zero-order valence-corrected chi connectivity index (χ0v) is 26.7. The molecule has 48 heavy (non-hydrogen) atoms. The van der Waals surface area contributed by atoms with Crippen LogP contribution in [0, 0.1) is 0 Å². The van der Waals surface area contributed by atoms with Gasteiger partial charge in [0.05, 0.1) is 19.9 Å². The molecule has 15 nitrogen and oxygen atoms in total. The second-order valence-corrected chi connectivity index (χ2v) is 11.1. The maximum atomic E-state index is 12.9. The lowest BCUT2D eigenvalue weighted by molar-refractivity contribution is 0.0956. The fourth-order valence-corrected chi connectivity index (χ4v) is 5.17. The Morgan fingerprint density at radius 3 is 2.60 bits per heavy atom. The predicted molar refractivity (Wildman–Crippen MR) is 183 cm³/mol. The third-order valence-electron chi connectivity index (χ3n) is 7.79. The largest absolute Gasteiger partial charge is 0.491 e. The molecule has 4 N–H and O–H groups in total. The number of carbonyl (C=O) groups is 1. The van der Waals surface area contributed by atoms with Crippen molar-refractivity contribution in [2.45, 2.75) is 6.54 Å². The molecule has 1 aliphatic heterocycles. The minimum atomic E-state index is -0.495. The highest BCUT2D eigenvalue weighted by atomic mass is 16.5. The number of aromatic nitrogens is 7. The molecule has 1 fully saturated rings. The van der Waals surface area contributed by atoms with Crippen molar-refractivity contribution in [1.82, 2.24) is 44.5 Å². The van der Waals surface area contributed by atoms with Crippen molar-refractivity contribution in [2.24, 2.45) is 0 Å². The number of nitrogens with two attached hydrogens (primary N) is 1. The average molecular weight is 649 g/mol. The maximum Gasteiger partial charge on any atom is 0.263 e. The molecule has 0 atom stereocenters. The zero-order chi connectivity index (χ0) is 33.5. The van der Waals surface area contributed by atoms with E-state index in [0.29, 0.717) is 24.1 Å². The van der Waals surface area contributed by atoms with Gasteiger partial charge in [0.25, 0.3) is 11.5 Å². The number of nitrogens with one attached hydrogen (secondary N) is 2. The normalized spacial score (nSPS) is 13.5. The van der Waals surface area contributed by atoms with E-state index in [-0.39, 0.29) is 23.9 Å². The van der Waals surface area contributed by atoms with Crippen LogP contribution < -0.4 is 31.6 Å². The number of likely N-dealkylation sites (N-methyl/N-ethyl adjacent to an activating group) is 1. The average Bonchev–Trinajstić information content (AvgIpc) is 3.47. The molecule has 15 heteroatoms. The van der Waals surface area contributed by atoms with E-state index < -0.39 is 11.5 Å². The number of nitrogens with zero attached hydrogens (tertiary/aromatic N) is 9. The Morgan fingerprint density at radius 2 is 1.85 bits per heavy atom. The summed E-state index contributed by atoms with van der Waals surface area (Å²) in [6.45, 7) is 4.49. The van der Waals surface area contributed by atoms with Gasteiger partial charge in [-0.3, -0.25) is 14.6 Å². The van der Waals surface area contributed by atoms with Gasteiger partial charge in [-0.25, -0.2) is 9.97 Å². The summed E-state index contributed by atoms with van der Waals surface area (Å²) in [5.74, 6) is 0.849. The first-order chi connectivity index (χ1) is 23.4. The lowest BCUT2D eigenvalue weighted by Crippen LogP contribution is -2.44. The Hall–Kier alpha value is -6.09. The standard InChI is InChI=1S/C33H36N12O3/c1-42-16-18-43(19-17-42)25-11-9-24(10-12-25)38-33-40-32(34)45(41-33)29-27(48-2)21-37-28(39-29)8-4-14-36-30(46)26-7-5-15-44(31(26)47)22-23-6-3-13-35-20-23/h3-13,15,20-21H,14,16-19,22H2,1-2H3,(H,36,46)(H3,34,38,40,41). The van der Waals surface area contributed by atoms with Gasteiger partial charge in [0.1, 0.15) is 5.56 Å². The minimum absolute atomic E-state index is 0.0369. The van der Waals surface area contributed by atoms with Crippen LogP contribution in [-0.4, -0.2) is 92.0 Å². The Morgan fingerprint density at radius 1 is 1.04 bits per heavy atom. The summed E-state index contributed by atoms with van der Waals surface area (Å²) in [7, 11) is 3.63. The molecule has 0 unspecified atom stereocenters. The van der Waals surface area contributed by atoms with E-state index in [1.54, 1.807) is 42.9 Å². The smallest absolute Gasteiger partial charge is 0.263 e. The van der Waals surface area contributed by atoms with Crippen LogP contribution in [0.2, 0.25) is 0 Å². The molecule has 0 bridgehead atoms. The quantitative estimate of drug-likeness (QED) is 0.191. The highest BCUT2D eigenvalue weighted by Crippen LogP contribution is 2.25. The predicted octanol–water partition coefficient (Wildman–Crippen LogP) is 2.19. The number of pyridine rings is 2. The van der Waals surface area contributed by atoms with E-state index in [0.717, 1.165) is 43.1 Å². The first kappa shape index (κ1) is 31.9. The third kappa shape index (κ3) is 7.47. The molecule has 6 rings (SSSR count). The van der Waals surface area contributed by atoms with Crippen molar-refractivity contribution in [3.63, 3.8) is 0 Å². The molecule has 1 aliphatic rings. The van der Waals surface area contributed by atoms with Crippen molar-refractivity contribution in [2.75, 3.05) is 62.8 Å². The Kier molecular flexibility index (Phi) is 9.67. The molecule has 246 valence electrons. The van der Waals surface area contributed by atoms with Crippen molar-refractivity contribution in [3.05, 3.63) is 107 Å². The number of piperazine rings is 1. The van der Waals surface area contributed by atoms with Crippen molar-refractivity contribution in [3.8, 4) is 11.6 Å². The SMILES string of the molecule is COc1cnc(C=CCNC(=O)c2cccn(Cc3cccnc3)c2=O)nc1-n1nc(Nc2ccc(N3CCN(C)CC3)cc2)nc1N. The van der Waals surface area contributed by atoms with Crippen molar-refractivity contribution >= 4 is 35.3 Å². The second kappa shape index (κ2) is 14.6. The van der Waals surface area contributed by atoms with E-state index in [2.05, 4.69) is 64.6 Å². The topological polar surface area (TPSA) is 174 Å². The molecule has 1 amide bonds. The molecule has 5 aromatic rings. The molecular formula is C33H36N12O3. The number of hydrogen-bond acceptors (Lipinski definition) is 12. The Bertz CT molecular complexity index is 1950. The molecule has 0 saturated carbocycles. The number of hydrogen-bond donors (Lipinski definition) is 3. The molecule has 1 aromatic carbocycles. The minimum Gasteiger partial charge on any atom is -0.491 e. The molecule has 1 saturated heterocycles. The van der Waals surface area contributed by atoms with Crippen LogP contribution in [0.25, 0.3) is 11.9 Å². The first-order valence-corrected chi connectivity index (χ1v) is 15.4. The van der Waals surface area contributed by atoms with Gasteiger partial charge in [-0.1, -0.05) is 12.1 Å². The summed E-state index contributed by atoms with van der Waals surface area (Å²) in [5.41, 5.74) is 8.71. The van der Waals surface area contributed by atoms with Crippen molar-refractivity contribution < 1.29 is 9.53 Å². The highest BCUT2D eigenvalue weighted by molar-refractivity contribution is 5.93. The van der Waals surface area contributed by atoms with Crippen LogP contribution in [-0.2, 0) is 6.54 Å². The number of rotatable bonds is 11. The lowest BCUT2D eigenvalue weighted by Gasteiger charge is -2.34. The van der Waals surface area contributed by atoms with E-state index >= 15 is 0 Å². The van der Waals surface area contributed by atoms with E-state index in [1.165, 1.54) is 28.6 Å². The summed E-state index contributed by atoms with van der Waals surface area (Å²) >= 11 is 0. The molecule has 0 aliphatic carbocycles. The third-order valence-corrected chi connectivity index (χ3v) is 7.79. The molecule has 0 radical (unpaired) electrons. The van der Waals surface area contributed by atoms with Gasteiger partial charge in [-0.2, -0.15) is 9.67 Å². The highest BCUT2D eigenvalue weighted by Gasteiger charge is 2.18. The number of ether oxygens (including phenoxy) is 1. The van der Waals surface area contributed by atoms with E-state index in [4.69, 9.17) is 10.5 Å². The molecular weight excluding hydrogens is 612 g/mol. The maximum absolute atomic E-state index is 12.9. The number of nitrogen functional groups attached to an aromatic ring is 1. The molecule has 4 aromatic heterocycles. The van der Waals surface area contributed by atoms with Crippen LogP contribution in [0.15, 0.2) is 84.2 Å². The summed E-state index contributed by atoms with van der Waals surface area (Å²) < 4.78 is 8.30. The number of anilines is 4. The summed E-state index contributed by atoms with van der Waals surface area (Å²) in [4.78, 5) is 47.7. The van der Waals surface area contributed by atoms with E-state index in [9.17, 15) is 9.59 Å². The molecule has 5 heterocycles. The monoisotopic (exact) mass is 648 g/mol. The summed E-state index contributed by atoms with van der Waals surface area (Å²) in [6, 6.07) is 14.9. The fourth-order valence-electron chi connectivity index (χ4n) is 5.17. The number of carbonyl (C=O) groups excluding carboxylic acids is 1. The van der Waals surface area contributed by atoms with Gasteiger partial charge in [0.15, 0.2) is 11.6 Å². The first-order valence-electron chi connectivity index (χ1n) is 15.4. The Balaban J connectivity index is 1.10. The van der Waals surface area contributed by atoms with Gasteiger partial charge in [0, 0.05) is 62.7 Å². The number of methoxy groups -OCH3 is 1. The van der Waals surface area contributed by atoms with Crippen molar-refractivity contribution in [1.29, 1.82) is 0 Å². The second-order valence-electron chi connectivity index (χ2n) is 11.1. The van der Waals surface area contributed by atoms with Crippen LogP contribution in [0.3, 0.4) is 0 Å². The summed E-state index contributed by atoms with van der Waals surface area (Å²) in [5, 5.41) is 10.4. The van der Waals surface area contributed by atoms with Crippen LogP contribution >= 0.6 is 0 Å².